The fourth-order valence-electron chi connectivity index (χ4n) is 2.28. The van der Waals surface area contributed by atoms with Gasteiger partial charge < -0.3 is 10.2 Å². The van der Waals surface area contributed by atoms with Crippen molar-refractivity contribution in [2.45, 2.75) is 30.7 Å². The fourth-order valence-corrected chi connectivity index (χ4v) is 3.12. The van der Waals surface area contributed by atoms with Crippen LogP contribution in [0.4, 0.5) is 0 Å². The summed E-state index contributed by atoms with van der Waals surface area (Å²) in [5.74, 6) is 0.666. The molecule has 1 aliphatic heterocycles. The van der Waals surface area contributed by atoms with E-state index in [1.807, 2.05) is 12.1 Å². The molecule has 1 aromatic carbocycles. The molecule has 1 heterocycles. The first-order chi connectivity index (χ1) is 9.15. The van der Waals surface area contributed by atoms with E-state index in [1.165, 1.54) is 10.5 Å². The number of nitrogens with one attached hydrogen (secondary N) is 1. The number of carbonyl (C=O) groups is 1. The lowest BCUT2D eigenvalue weighted by Gasteiger charge is -2.29. The maximum Gasteiger partial charge on any atom is 0.230 e. The summed E-state index contributed by atoms with van der Waals surface area (Å²) in [7, 11) is 2.13. The highest BCUT2D eigenvalue weighted by Gasteiger charge is 2.18. The molecular weight excluding hydrogens is 256 g/mol. The van der Waals surface area contributed by atoms with Crippen molar-refractivity contribution in [1.29, 1.82) is 0 Å². The Bertz CT molecular complexity index is 428. The van der Waals surface area contributed by atoms with Gasteiger partial charge in [-0.05, 0) is 51.5 Å². The number of piperidine rings is 1. The van der Waals surface area contributed by atoms with Gasteiger partial charge >= 0.3 is 0 Å². The third-order valence-electron chi connectivity index (χ3n) is 3.54. The molecule has 1 aromatic rings. The number of nitrogens with zero attached hydrogens (tertiary/aromatic N) is 1. The molecule has 0 aromatic heterocycles. The van der Waals surface area contributed by atoms with E-state index in [9.17, 15) is 4.79 Å². The number of hydrogen-bond donors (Lipinski definition) is 1. The first-order valence-electron chi connectivity index (χ1n) is 6.81. The Kier molecular flexibility index (Phi) is 5.28. The number of likely N-dealkylation sites (tertiary alicyclic amines) is 1. The second-order valence-electron chi connectivity index (χ2n) is 5.20. The highest BCUT2D eigenvalue weighted by molar-refractivity contribution is 8.00. The van der Waals surface area contributed by atoms with Gasteiger partial charge in [0.05, 0.1) is 5.75 Å². The van der Waals surface area contributed by atoms with Crippen LogP contribution in [0, 0.1) is 6.92 Å². The van der Waals surface area contributed by atoms with E-state index in [2.05, 4.69) is 36.3 Å². The largest absolute Gasteiger partial charge is 0.353 e. The molecule has 1 amide bonds. The number of benzene rings is 1. The van der Waals surface area contributed by atoms with Crippen LogP contribution in [0.1, 0.15) is 18.4 Å². The lowest BCUT2D eigenvalue weighted by Crippen LogP contribution is -2.43. The first-order valence-corrected chi connectivity index (χ1v) is 7.80. The molecule has 3 nitrogen and oxygen atoms in total. The third kappa shape index (κ3) is 4.55. The van der Waals surface area contributed by atoms with Crippen molar-refractivity contribution in [2.75, 3.05) is 25.9 Å². The van der Waals surface area contributed by atoms with Gasteiger partial charge in [0.15, 0.2) is 0 Å². The molecule has 19 heavy (non-hydrogen) atoms. The van der Waals surface area contributed by atoms with Crippen LogP contribution in [-0.4, -0.2) is 42.7 Å². The molecule has 1 fully saturated rings. The third-order valence-corrected chi connectivity index (χ3v) is 4.71. The van der Waals surface area contributed by atoms with Crippen molar-refractivity contribution < 1.29 is 4.79 Å². The van der Waals surface area contributed by atoms with Gasteiger partial charge in [0, 0.05) is 10.9 Å². The smallest absolute Gasteiger partial charge is 0.230 e. The molecule has 0 radical (unpaired) electrons. The summed E-state index contributed by atoms with van der Waals surface area (Å²) in [6.45, 7) is 4.24. The summed E-state index contributed by atoms with van der Waals surface area (Å²) in [6, 6.07) is 8.56. The first kappa shape index (κ1) is 14.4. The van der Waals surface area contributed by atoms with Gasteiger partial charge in [-0.2, -0.15) is 0 Å². The Hall–Kier alpha value is -1.00. The molecule has 0 atom stereocenters. The molecule has 104 valence electrons. The molecule has 0 bridgehead atoms. The minimum absolute atomic E-state index is 0.155. The summed E-state index contributed by atoms with van der Waals surface area (Å²) >= 11 is 1.62. The fraction of sp³-hybridized carbons (Fsp3) is 0.533. The maximum atomic E-state index is 11.9. The molecule has 1 N–H and O–H groups in total. The summed E-state index contributed by atoms with van der Waals surface area (Å²) in [5.41, 5.74) is 1.24. The van der Waals surface area contributed by atoms with E-state index < -0.39 is 0 Å². The Morgan fingerprint density at radius 2 is 2.05 bits per heavy atom. The highest BCUT2D eigenvalue weighted by Crippen LogP contribution is 2.21. The molecule has 2 rings (SSSR count). The zero-order chi connectivity index (χ0) is 13.7. The zero-order valence-electron chi connectivity index (χ0n) is 11.7. The van der Waals surface area contributed by atoms with E-state index in [4.69, 9.17) is 0 Å². The lowest BCUT2D eigenvalue weighted by molar-refractivity contribution is -0.119. The van der Waals surface area contributed by atoms with Gasteiger partial charge in [-0.25, -0.2) is 0 Å². The molecule has 1 saturated heterocycles. The standard InChI is InChI=1S/C15H22N2OS/c1-12-5-3-4-6-14(12)19-11-15(18)16-13-7-9-17(2)10-8-13/h3-6,13H,7-11H2,1-2H3,(H,16,18). The molecule has 1 aliphatic rings. The lowest BCUT2D eigenvalue weighted by atomic mass is 10.1. The molecule has 0 spiro atoms. The van der Waals surface area contributed by atoms with Crippen molar-refractivity contribution in [3.63, 3.8) is 0 Å². The predicted octanol–water partition coefficient (Wildman–Crippen LogP) is 2.30. The van der Waals surface area contributed by atoms with Crippen molar-refractivity contribution in [1.82, 2.24) is 10.2 Å². The summed E-state index contributed by atoms with van der Waals surface area (Å²) < 4.78 is 0. The Morgan fingerprint density at radius 3 is 2.74 bits per heavy atom. The SMILES string of the molecule is Cc1ccccc1SCC(=O)NC1CCN(C)CC1. The van der Waals surface area contributed by atoms with Gasteiger partial charge in [-0.3, -0.25) is 4.79 Å². The van der Waals surface area contributed by atoms with Crippen LogP contribution in [0.2, 0.25) is 0 Å². The van der Waals surface area contributed by atoms with E-state index in [-0.39, 0.29) is 5.91 Å². The number of rotatable bonds is 4. The minimum atomic E-state index is 0.155. The number of hydrogen-bond acceptors (Lipinski definition) is 3. The second kappa shape index (κ2) is 6.96. The van der Waals surface area contributed by atoms with Crippen LogP contribution < -0.4 is 5.32 Å². The van der Waals surface area contributed by atoms with Crippen molar-refractivity contribution in [3.05, 3.63) is 29.8 Å². The second-order valence-corrected chi connectivity index (χ2v) is 6.22. The van der Waals surface area contributed by atoms with Crippen molar-refractivity contribution in [2.24, 2.45) is 0 Å². The van der Waals surface area contributed by atoms with Gasteiger partial charge in [0.2, 0.25) is 5.91 Å². The minimum Gasteiger partial charge on any atom is -0.353 e. The number of aryl methyl sites for hydroxylation is 1. The van der Waals surface area contributed by atoms with E-state index >= 15 is 0 Å². The van der Waals surface area contributed by atoms with Crippen LogP contribution in [0.25, 0.3) is 0 Å². The summed E-state index contributed by atoms with van der Waals surface area (Å²) in [4.78, 5) is 15.4. The van der Waals surface area contributed by atoms with Crippen LogP contribution in [0.15, 0.2) is 29.2 Å². The van der Waals surface area contributed by atoms with Crippen LogP contribution in [-0.2, 0) is 4.79 Å². The van der Waals surface area contributed by atoms with E-state index in [1.54, 1.807) is 11.8 Å². The highest BCUT2D eigenvalue weighted by atomic mass is 32.2. The molecule has 0 unspecified atom stereocenters. The Labute approximate surface area is 119 Å². The average Bonchev–Trinajstić information content (AvgIpc) is 2.40. The predicted molar refractivity (Wildman–Crippen MR) is 80.6 cm³/mol. The number of carbonyl (C=O) groups excluding carboxylic acids is 1. The molecular formula is C15H22N2OS. The normalized spacial score (nSPS) is 17.4. The monoisotopic (exact) mass is 278 g/mol. The van der Waals surface area contributed by atoms with Crippen LogP contribution >= 0.6 is 11.8 Å². The maximum absolute atomic E-state index is 11.9. The van der Waals surface area contributed by atoms with Crippen molar-refractivity contribution >= 4 is 17.7 Å². The van der Waals surface area contributed by atoms with E-state index in [0.29, 0.717) is 11.8 Å². The number of thioether (sulfide) groups is 1. The Balaban J connectivity index is 1.74. The summed E-state index contributed by atoms with van der Waals surface area (Å²) in [6.07, 6.45) is 2.13. The topological polar surface area (TPSA) is 32.3 Å². The van der Waals surface area contributed by atoms with Crippen molar-refractivity contribution in [3.8, 4) is 0 Å². The van der Waals surface area contributed by atoms with Gasteiger partial charge in [-0.1, -0.05) is 18.2 Å². The summed E-state index contributed by atoms with van der Waals surface area (Å²) in [5, 5.41) is 3.14. The van der Waals surface area contributed by atoms with Crippen LogP contribution in [0.5, 0.6) is 0 Å². The molecule has 4 heteroatoms. The molecule has 0 aliphatic carbocycles. The van der Waals surface area contributed by atoms with E-state index in [0.717, 1.165) is 25.9 Å². The zero-order valence-corrected chi connectivity index (χ0v) is 12.5. The van der Waals surface area contributed by atoms with Crippen LogP contribution in [0.3, 0.4) is 0 Å². The number of amides is 1. The van der Waals surface area contributed by atoms with Gasteiger partial charge in [0.25, 0.3) is 0 Å². The van der Waals surface area contributed by atoms with Gasteiger partial charge in [-0.15, -0.1) is 11.8 Å². The van der Waals surface area contributed by atoms with Gasteiger partial charge in [0.1, 0.15) is 0 Å². The average molecular weight is 278 g/mol. The Morgan fingerprint density at radius 1 is 1.37 bits per heavy atom. The quantitative estimate of drug-likeness (QED) is 0.858. The molecule has 0 saturated carbocycles.